The maximum absolute atomic E-state index is 5.96. The standard InChI is InChI=1S/C9H8ClN3/c1-7-4-6-12-13(7)9-8(10)3-2-5-11-9/h2-6H,1H3. The van der Waals surface area contributed by atoms with Crippen LogP contribution in [0.2, 0.25) is 5.02 Å². The van der Waals surface area contributed by atoms with E-state index in [2.05, 4.69) is 10.1 Å². The molecule has 2 rings (SSSR count). The van der Waals surface area contributed by atoms with E-state index in [1.54, 1.807) is 29.2 Å². The zero-order chi connectivity index (χ0) is 9.26. The van der Waals surface area contributed by atoms with E-state index >= 15 is 0 Å². The molecule has 2 heterocycles. The molecule has 0 fully saturated rings. The van der Waals surface area contributed by atoms with Gasteiger partial charge in [-0.3, -0.25) is 0 Å². The van der Waals surface area contributed by atoms with E-state index < -0.39 is 0 Å². The van der Waals surface area contributed by atoms with Crippen molar-refractivity contribution in [1.29, 1.82) is 0 Å². The highest BCUT2D eigenvalue weighted by Gasteiger charge is 2.05. The fourth-order valence-corrected chi connectivity index (χ4v) is 1.33. The molecule has 0 spiro atoms. The van der Waals surface area contributed by atoms with E-state index in [1.165, 1.54) is 0 Å². The third-order valence-corrected chi connectivity index (χ3v) is 2.07. The summed E-state index contributed by atoms with van der Waals surface area (Å²) in [7, 11) is 0. The van der Waals surface area contributed by atoms with Gasteiger partial charge in [-0.15, -0.1) is 0 Å². The molecule has 4 heteroatoms. The Labute approximate surface area is 81.0 Å². The predicted octanol–water partition coefficient (Wildman–Crippen LogP) is 2.23. The van der Waals surface area contributed by atoms with Crippen LogP contribution in [0.3, 0.4) is 0 Å². The van der Waals surface area contributed by atoms with Gasteiger partial charge in [0.05, 0.1) is 5.02 Å². The molecule has 0 atom stereocenters. The Balaban J connectivity index is 2.59. The van der Waals surface area contributed by atoms with Crippen LogP contribution >= 0.6 is 11.6 Å². The lowest BCUT2D eigenvalue weighted by atomic mass is 10.4. The molecule has 0 unspecified atom stereocenters. The number of halogens is 1. The fourth-order valence-electron chi connectivity index (χ4n) is 1.12. The first-order valence-electron chi connectivity index (χ1n) is 3.90. The first kappa shape index (κ1) is 8.26. The fraction of sp³-hybridized carbons (Fsp3) is 0.111. The van der Waals surface area contributed by atoms with E-state index in [9.17, 15) is 0 Å². The summed E-state index contributed by atoms with van der Waals surface area (Å²) >= 11 is 5.96. The van der Waals surface area contributed by atoms with Crippen molar-refractivity contribution in [2.45, 2.75) is 6.92 Å². The summed E-state index contributed by atoms with van der Waals surface area (Å²) < 4.78 is 1.71. The SMILES string of the molecule is Cc1ccnn1-c1ncccc1Cl. The summed E-state index contributed by atoms with van der Waals surface area (Å²) in [6.07, 6.45) is 3.42. The number of aromatic nitrogens is 3. The van der Waals surface area contributed by atoms with E-state index in [1.807, 2.05) is 13.0 Å². The van der Waals surface area contributed by atoms with Crippen molar-refractivity contribution in [2.75, 3.05) is 0 Å². The summed E-state index contributed by atoms with van der Waals surface area (Å²) in [5.74, 6) is 0.673. The largest absolute Gasteiger partial charge is 0.236 e. The van der Waals surface area contributed by atoms with Crippen LogP contribution in [0, 0.1) is 6.92 Å². The molecule has 2 aromatic heterocycles. The topological polar surface area (TPSA) is 30.7 Å². The zero-order valence-corrected chi connectivity index (χ0v) is 7.86. The Hall–Kier alpha value is -1.35. The van der Waals surface area contributed by atoms with Crippen molar-refractivity contribution < 1.29 is 0 Å². The third kappa shape index (κ3) is 1.42. The van der Waals surface area contributed by atoms with Crippen LogP contribution < -0.4 is 0 Å². The van der Waals surface area contributed by atoms with Crippen LogP contribution in [0.5, 0.6) is 0 Å². The number of rotatable bonds is 1. The molecule has 2 aromatic rings. The van der Waals surface area contributed by atoms with Gasteiger partial charge in [-0.2, -0.15) is 5.10 Å². The molecule has 0 radical (unpaired) electrons. The average molecular weight is 194 g/mol. The normalized spacial score (nSPS) is 10.3. The van der Waals surface area contributed by atoms with Gasteiger partial charge >= 0.3 is 0 Å². The zero-order valence-electron chi connectivity index (χ0n) is 7.11. The van der Waals surface area contributed by atoms with E-state index in [4.69, 9.17) is 11.6 Å². The molecule has 0 saturated heterocycles. The highest BCUT2D eigenvalue weighted by atomic mass is 35.5. The Morgan fingerprint density at radius 2 is 2.15 bits per heavy atom. The van der Waals surface area contributed by atoms with Crippen LogP contribution in [0.15, 0.2) is 30.6 Å². The maximum Gasteiger partial charge on any atom is 0.172 e. The summed E-state index contributed by atoms with van der Waals surface area (Å²) in [6.45, 7) is 1.96. The minimum Gasteiger partial charge on any atom is -0.236 e. The minimum absolute atomic E-state index is 0.606. The average Bonchev–Trinajstić information content (AvgIpc) is 2.52. The van der Waals surface area contributed by atoms with Gasteiger partial charge in [0.15, 0.2) is 5.82 Å². The molecule has 0 bridgehead atoms. The predicted molar refractivity (Wildman–Crippen MR) is 51.1 cm³/mol. The Morgan fingerprint density at radius 3 is 2.77 bits per heavy atom. The van der Waals surface area contributed by atoms with Gasteiger partial charge in [-0.05, 0) is 25.1 Å². The lowest BCUT2D eigenvalue weighted by molar-refractivity contribution is 0.818. The number of aryl methyl sites for hydroxylation is 1. The molecule has 3 nitrogen and oxygen atoms in total. The van der Waals surface area contributed by atoms with Gasteiger partial charge in [-0.25, -0.2) is 9.67 Å². The summed E-state index contributed by atoms with van der Waals surface area (Å²) in [5.41, 5.74) is 1.01. The van der Waals surface area contributed by atoms with E-state index in [0.717, 1.165) is 5.69 Å². The quantitative estimate of drug-likeness (QED) is 0.696. The maximum atomic E-state index is 5.96. The van der Waals surface area contributed by atoms with Crippen molar-refractivity contribution >= 4 is 11.6 Å². The first-order valence-corrected chi connectivity index (χ1v) is 4.28. The van der Waals surface area contributed by atoms with E-state index in [0.29, 0.717) is 10.8 Å². The summed E-state index contributed by atoms with van der Waals surface area (Å²) in [6, 6.07) is 5.50. The third-order valence-electron chi connectivity index (χ3n) is 1.77. The smallest absolute Gasteiger partial charge is 0.172 e. The van der Waals surface area contributed by atoms with E-state index in [-0.39, 0.29) is 0 Å². The van der Waals surface area contributed by atoms with Gasteiger partial charge in [0.1, 0.15) is 0 Å². The Morgan fingerprint density at radius 1 is 1.31 bits per heavy atom. The van der Waals surface area contributed by atoms with Crippen molar-refractivity contribution in [3.63, 3.8) is 0 Å². The van der Waals surface area contributed by atoms with Crippen molar-refractivity contribution in [3.05, 3.63) is 41.3 Å². The second-order valence-electron chi connectivity index (χ2n) is 2.69. The molecular weight excluding hydrogens is 186 g/mol. The van der Waals surface area contributed by atoms with Gasteiger partial charge in [0.25, 0.3) is 0 Å². The molecule has 0 amide bonds. The van der Waals surface area contributed by atoms with Gasteiger partial charge < -0.3 is 0 Å². The first-order chi connectivity index (χ1) is 6.29. The molecule has 0 aromatic carbocycles. The molecule has 0 N–H and O–H groups in total. The molecule has 0 aliphatic rings. The second kappa shape index (κ2) is 3.18. The van der Waals surface area contributed by atoms with Crippen molar-refractivity contribution in [3.8, 4) is 5.82 Å². The number of hydrogen-bond acceptors (Lipinski definition) is 2. The lowest BCUT2D eigenvalue weighted by Gasteiger charge is -2.03. The van der Waals surface area contributed by atoms with Crippen LogP contribution in [0.25, 0.3) is 5.82 Å². The molecular formula is C9H8ClN3. The molecule has 13 heavy (non-hydrogen) atoms. The van der Waals surface area contributed by atoms with Crippen LogP contribution in [0.1, 0.15) is 5.69 Å². The highest BCUT2D eigenvalue weighted by Crippen LogP contribution is 2.17. The minimum atomic E-state index is 0.606. The molecule has 0 aliphatic carbocycles. The second-order valence-corrected chi connectivity index (χ2v) is 3.10. The molecule has 0 saturated carbocycles. The van der Waals surface area contributed by atoms with Crippen LogP contribution in [0.4, 0.5) is 0 Å². The summed E-state index contributed by atoms with van der Waals surface area (Å²) in [5, 5.41) is 4.72. The number of pyridine rings is 1. The summed E-state index contributed by atoms with van der Waals surface area (Å²) in [4.78, 5) is 4.15. The van der Waals surface area contributed by atoms with Gasteiger partial charge in [-0.1, -0.05) is 11.6 Å². The van der Waals surface area contributed by atoms with Crippen molar-refractivity contribution in [2.24, 2.45) is 0 Å². The number of hydrogen-bond donors (Lipinski definition) is 0. The lowest BCUT2D eigenvalue weighted by Crippen LogP contribution is -2.01. The molecule has 0 aliphatic heterocycles. The van der Waals surface area contributed by atoms with Gasteiger partial charge in [0.2, 0.25) is 0 Å². The van der Waals surface area contributed by atoms with Crippen LogP contribution in [-0.2, 0) is 0 Å². The highest BCUT2D eigenvalue weighted by molar-refractivity contribution is 6.32. The van der Waals surface area contributed by atoms with Crippen LogP contribution in [-0.4, -0.2) is 14.8 Å². The monoisotopic (exact) mass is 193 g/mol. The van der Waals surface area contributed by atoms with Gasteiger partial charge in [0, 0.05) is 18.1 Å². The van der Waals surface area contributed by atoms with Crippen molar-refractivity contribution in [1.82, 2.24) is 14.8 Å². The Kier molecular flexibility index (Phi) is 2.02. The Bertz CT molecular complexity index is 422. The number of nitrogens with zero attached hydrogens (tertiary/aromatic N) is 3. The molecule has 66 valence electrons.